The highest BCUT2D eigenvalue weighted by molar-refractivity contribution is 5.93. The second kappa shape index (κ2) is 7.87. The van der Waals surface area contributed by atoms with Gasteiger partial charge >= 0.3 is 0 Å². The number of fused-ring (bicyclic) bond motifs is 1. The zero-order chi connectivity index (χ0) is 17.8. The van der Waals surface area contributed by atoms with Gasteiger partial charge in [0.15, 0.2) is 0 Å². The van der Waals surface area contributed by atoms with E-state index in [9.17, 15) is 9.59 Å². The molecule has 1 aliphatic heterocycles. The highest BCUT2D eigenvalue weighted by Gasteiger charge is 2.28. The Kier molecular flexibility index (Phi) is 5.58. The van der Waals surface area contributed by atoms with E-state index in [0.29, 0.717) is 36.8 Å². The highest BCUT2D eigenvalue weighted by Crippen LogP contribution is 2.30. The summed E-state index contributed by atoms with van der Waals surface area (Å²) in [5, 5.41) is 8.77. The third-order valence-electron chi connectivity index (χ3n) is 5.29. The van der Waals surface area contributed by atoms with Crippen LogP contribution < -0.4 is 10.2 Å². The summed E-state index contributed by atoms with van der Waals surface area (Å²) in [6, 6.07) is 5.02. The molecule has 3 rings (SSSR count). The van der Waals surface area contributed by atoms with Gasteiger partial charge < -0.3 is 9.64 Å². The lowest BCUT2D eigenvalue weighted by molar-refractivity contribution is -0.135. The molecule has 25 heavy (non-hydrogen) atoms. The van der Waals surface area contributed by atoms with Crippen LogP contribution in [0.25, 0.3) is 0 Å². The molecule has 1 aliphatic carbocycles. The lowest BCUT2D eigenvalue weighted by atomic mass is 9.86. The fourth-order valence-corrected chi connectivity index (χ4v) is 3.75. The zero-order valence-electron chi connectivity index (χ0n) is 14.7. The second-order valence-corrected chi connectivity index (χ2v) is 7.15. The average Bonchev–Trinajstić information content (AvgIpc) is 2.80. The first-order valence-corrected chi connectivity index (χ1v) is 9.08. The van der Waals surface area contributed by atoms with Gasteiger partial charge in [0.2, 0.25) is 5.91 Å². The molecule has 0 bridgehead atoms. The van der Waals surface area contributed by atoms with Crippen molar-refractivity contribution in [2.75, 3.05) is 6.61 Å². The summed E-state index contributed by atoms with van der Waals surface area (Å²) in [7, 11) is 0. The van der Waals surface area contributed by atoms with E-state index in [4.69, 9.17) is 9.94 Å². The third-order valence-corrected chi connectivity index (χ3v) is 5.29. The smallest absolute Gasteiger partial charge is 0.274 e. The molecule has 136 valence electrons. The van der Waals surface area contributed by atoms with Crippen LogP contribution in [-0.2, 0) is 11.3 Å². The van der Waals surface area contributed by atoms with Gasteiger partial charge in [-0.25, -0.2) is 5.48 Å². The second-order valence-electron chi connectivity index (χ2n) is 7.15. The highest BCUT2D eigenvalue weighted by atomic mass is 16.5. The molecule has 6 nitrogen and oxygen atoms in total. The molecule has 6 heteroatoms. The minimum Gasteiger partial charge on any atom is -0.491 e. The molecule has 1 atom stereocenters. The summed E-state index contributed by atoms with van der Waals surface area (Å²) in [5.41, 5.74) is 2.84. The Hall–Kier alpha value is -2.08. The average molecular weight is 346 g/mol. The molecule has 1 saturated carbocycles. The van der Waals surface area contributed by atoms with Gasteiger partial charge in [-0.3, -0.25) is 14.8 Å². The summed E-state index contributed by atoms with van der Waals surface area (Å²) in [4.78, 5) is 26.3. The van der Waals surface area contributed by atoms with E-state index in [1.165, 1.54) is 19.3 Å². The molecule has 2 aliphatic rings. The van der Waals surface area contributed by atoms with Gasteiger partial charge in [-0.05, 0) is 37.8 Å². The van der Waals surface area contributed by atoms with Crippen molar-refractivity contribution in [1.82, 2.24) is 10.4 Å². The number of benzene rings is 1. The monoisotopic (exact) mass is 346 g/mol. The van der Waals surface area contributed by atoms with Crippen LogP contribution >= 0.6 is 0 Å². The number of ether oxygens (including phenoxy) is 1. The molecule has 0 radical (unpaired) electrons. The van der Waals surface area contributed by atoms with Crippen molar-refractivity contribution in [2.24, 2.45) is 5.92 Å². The first-order valence-electron chi connectivity index (χ1n) is 9.08. The van der Waals surface area contributed by atoms with Crippen molar-refractivity contribution < 1.29 is 19.5 Å². The molecule has 0 aromatic heterocycles. The quantitative estimate of drug-likeness (QED) is 0.651. The largest absolute Gasteiger partial charge is 0.491 e. The number of rotatable bonds is 3. The number of amides is 2. The lowest BCUT2D eigenvalue weighted by Crippen LogP contribution is -2.40. The fraction of sp³-hybridized carbons (Fsp3) is 0.579. The van der Waals surface area contributed by atoms with Gasteiger partial charge in [-0.15, -0.1) is 0 Å². The molecule has 0 saturated heterocycles. The summed E-state index contributed by atoms with van der Waals surface area (Å²) < 4.78 is 5.81. The molecule has 1 fully saturated rings. The van der Waals surface area contributed by atoms with E-state index in [2.05, 4.69) is 0 Å². The molecule has 0 unspecified atom stereocenters. The van der Waals surface area contributed by atoms with Gasteiger partial charge in [0.25, 0.3) is 5.91 Å². The molecule has 1 aromatic rings. The van der Waals surface area contributed by atoms with Crippen LogP contribution in [-0.4, -0.2) is 34.6 Å². The maximum Gasteiger partial charge on any atom is 0.274 e. The number of hydroxylamine groups is 1. The Labute approximate surface area is 148 Å². The van der Waals surface area contributed by atoms with Crippen molar-refractivity contribution in [3.63, 3.8) is 0 Å². The molecule has 1 aromatic carbocycles. The van der Waals surface area contributed by atoms with Crippen LogP contribution in [0.1, 0.15) is 61.4 Å². The van der Waals surface area contributed by atoms with Crippen molar-refractivity contribution in [2.45, 2.75) is 58.0 Å². The van der Waals surface area contributed by atoms with Crippen molar-refractivity contribution >= 4 is 11.8 Å². The van der Waals surface area contributed by atoms with Crippen LogP contribution in [0.4, 0.5) is 0 Å². The predicted octanol–water partition coefficient (Wildman–Crippen LogP) is 2.89. The van der Waals surface area contributed by atoms with Crippen LogP contribution in [0.15, 0.2) is 18.2 Å². The Morgan fingerprint density at radius 1 is 1.28 bits per heavy atom. The number of carbonyl (C=O) groups excluding carboxylic acids is 2. The van der Waals surface area contributed by atoms with Crippen LogP contribution in [0, 0.1) is 5.92 Å². The predicted molar refractivity (Wildman–Crippen MR) is 92.4 cm³/mol. The van der Waals surface area contributed by atoms with E-state index in [1.807, 2.05) is 11.8 Å². The van der Waals surface area contributed by atoms with Crippen molar-refractivity contribution in [3.05, 3.63) is 29.3 Å². The van der Waals surface area contributed by atoms with E-state index >= 15 is 0 Å². The molecule has 2 amide bonds. The fourth-order valence-electron chi connectivity index (χ4n) is 3.75. The number of nitrogens with one attached hydrogen (secondary N) is 1. The Morgan fingerprint density at radius 2 is 2.04 bits per heavy atom. The molecular weight excluding hydrogens is 320 g/mol. The molecule has 0 spiro atoms. The molecule has 1 heterocycles. The Bertz CT molecular complexity index is 640. The van der Waals surface area contributed by atoms with Gasteiger partial charge in [-0.1, -0.05) is 25.3 Å². The SMILES string of the molecule is C[C@H]1COc2cc(C(=O)NO)ccc2CN1C(=O)CC1CCCCC1. The Morgan fingerprint density at radius 3 is 2.76 bits per heavy atom. The number of carbonyl (C=O) groups is 2. The lowest BCUT2D eigenvalue weighted by Gasteiger charge is -2.29. The normalized spacial score (nSPS) is 21.0. The molecule has 2 N–H and O–H groups in total. The summed E-state index contributed by atoms with van der Waals surface area (Å²) in [6.07, 6.45) is 6.67. The van der Waals surface area contributed by atoms with Crippen LogP contribution in [0.3, 0.4) is 0 Å². The third kappa shape index (κ3) is 4.12. The minimum absolute atomic E-state index is 0.0152. The van der Waals surface area contributed by atoms with Crippen LogP contribution in [0.5, 0.6) is 5.75 Å². The van der Waals surface area contributed by atoms with E-state index < -0.39 is 5.91 Å². The first-order chi connectivity index (χ1) is 12.1. The summed E-state index contributed by atoms with van der Waals surface area (Å²) >= 11 is 0. The minimum atomic E-state index is -0.575. The zero-order valence-corrected chi connectivity index (χ0v) is 14.7. The van der Waals surface area contributed by atoms with Gasteiger partial charge in [0.05, 0.1) is 6.04 Å². The van der Waals surface area contributed by atoms with E-state index in [1.54, 1.807) is 23.7 Å². The Balaban J connectivity index is 1.73. The summed E-state index contributed by atoms with van der Waals surface area (Å²) in [6.45, 7) is 2.88. The number of hydrogen-bond donors (Lipinski definition) is 2. The van der Waals surface area contributed by atoms with Gasteiger partial charge in [0.1, 0.15) is 12.4 Å². The van der Waals surface area contributed by atoms with Crippen molar-refractivity contribution in [1.29, 1.82) is 0 Å². The number of nitrogens with zero attached hydrogens (tertiary/aromatic N) is 1. The van der Waals surface area contributed by atoms with Gasteiger partial charge in [0, 0.05) is 24.1 Å². The van der Waals surface area contributed by atoms with E-state index in [-0.39, 0.29) is 11.9 Å². The van der Waals surface area contributed by atoms with Gasteiger partial charge in [-0.2, -0.15) is 0 Å². The summed E-state index contributed by atoms with van der Waals surface area (Å²) in [5.74, 6) is 0.718. The van der Waals surface area contributed by atoms with Crippen molar-refractivity contribution in [3.8, 4) is 5.75 Å². The standard InChI is InChI=1S/C19H26N2O4/c1-13-12-25-17-10-15(19(23)20-24)7-8-16(17)11-21(13)18(22)9-14-5-3-2-4-6-14/h7-8,10,13-14,24H,2-6,9,11-12H2,1H3,(H,20,23)/t13-/m0/s1. The molecular formula is C19H26N2O4. The maximum absolute atomic E-state index is 12.8. The van der Waals surface area contributed by atoms with Crippen LogP contribution in [0.2, 0.25) is 0 Å². The number of hydrogen-bond acceptors (Lipinski definition) is 4. The van der Waals surface area contributed by atoms with E-state index in [0.717, 1.165) is 18.4 Å². The maximum atomic E-state index is 12.8. The topological polar surface area (TPSA) is 78.9 Å². The first kappa shape index (κ1) is 17.7.